The van der Waals surface area contributed by atoms with Gasteiger partial charge in [-0.3, -0.25) is 0 Å². The zero-order valence-corrected chi connectivity index (χ0v) is 11.8. The van der Waals surface area contributed by atoms with Crippen LogP contribution in [0.25, 0.3) is 0 Å². The van der Waals surface area contributed by atoms with Crippen LogP contribution in [0.2, 0.25) is 0 Å². The molecule has 0 spiro atoms. The Balaban J connectivity index is 2.27. The Bertz CT molecular complexity index is 481. The fourth-order valence-electron chi connectivity index (χ4n) is 2.26. The fourth-order valence-corrected chi connectivity index (χ4v) is 2.26. The van der Waals surface area contributed by atoms with Crippen LogP contribution in [0, 0.1) is 5.92 Å². The normalized spacial score (nSPS) is 19.1. The van der Waals surface area contributed by atoms with Gasteiger partial charge in [0.15, 0.2) is 0 Å². The number of rotatable bonds is 5. The Labute approximate surface area is 121 Å². The number of hydrogen-bond acceptors (Lipinski definition) is 5. The van der Waals surface area contributed by atoms with Gasteiger partial charge in [0.1, 0.15) is 11.6 Å². The molecule has 8 heteroatoms. The van der Waals surface area contributed by atoms with Crippen LogP contribution >= 0.6 is 0 Å². The van der Waals surface area contributed by atoms with Crippen molar-refractivity contribution in [2.45, 2.75) is 25.9 Å². The van der Waals surface area contributed by atoms with E-state index in [0.29, 0.717) is 19.6 Å². The largest absolute Gasteiger partial charge is 0.451 e. The fraction of sp³-hybridized carbons (Fsp3) is 0.692. The van der Waals surface area contributed by atoms with Crippen LogP contribution in [0.15, 0.2) is 6.07 Å². The maximum absolute atomic E-state index is 12.9. The van der Waals surface area contributed by atoms with Gasteiger partial charge < -0.3 is 15.3 Å². The number of nitrogens with zero attached hydrogens (tertiary/aromatic N) is 3. The van der Waals surface area contributed by atoms with Crippen molar-refractivity contribution in [2.24, 2.45) is 5.92 Å². The Hall–Kier alpha value is -1.57. The van der Waals surface area contributed by atoms with Gasteiger partial charge in [0.2, 0.25) is 5.82 Å². The summed E-state index contributed by atoms with van der Waals surface area (Å²) in [5, 5.41) is 12.0. The van der Waals surface area contributed by atoms with Crippen LogP contribution < -0.4 is 10.2 Å². The Morgan fingerprint density at radius 2 is 2.19 bits per heavy atom. The molecule has 2 N–H and O–H groups in total. The molecule has 1 atom stereocenters. The Kier molecular flexibility index (Phi) is 4.87. The molecule has 1 fully saturated rings. The molecule has 0 amide bonds. The van der Waals surface area contributed by atoms with E-state index in [2.05, 4.69) is 15.3 Å². The third-order valence-electron chi connectivity index (χ3n) is 3.39. The first-order chi connectivity index (χ1) is 9.94. The van der Waals surface area contributed by atoms with Crippen molar-refractivity contribution in [1.82, 2.24) is 9.97 Å². The van der Waals surface area contributed by atoms with Crippen molar-refractivity contribution in [2.75, 3.05) is 36.5 Å². The molecule has 1 unspecified atom stereocenters. The third kappa shape index (κ3) is 3.96. The zero-order chi connectivity index (χ0) is 15.5. The summed E-state index contributed by atoms with van der Waals surface area (Å²) in [7, 11) is 0. The van der Waals surface area contributed by atoms with Gasteiger partial charge in [-0.15, -0.1) is 0 Å². The van der Waals surface area contributed by atoms with E-state index in [1.165, 1.54) is 6.07 Å². The number of alkyl halides is 3. The molecule has 1 aliphatic heterocycles. The summed E-state index contributed by atoms with van der Waals surface area (Å²) in [6.45, 7) is 3.61. The molecule has 1 saturated heterocycles. The quantitative estimate of drug-likeness (QED) is 0.872. The van der Waals surface area contributed by atoms with Gasteiger partial charge in [0, 0.05) is 38.2 Å². The maximum Gasteiger partial charge on any atom is 0.451 e. The highest BCUT2D eigenvalue weighted by Crippen LogP contribution is 2.30. The number of anilines is 2. The highest BCUT2D eigenvalue weighted by atomic mass is 19.4. The van der Waals surface area contributed by atoms with Gasteiger partial charge in [0.25, 0.3) is 0 Å². The number of halogens is 3. The van der Waals surface area contributed by atoms with Gasteiger partial charge in [-0.2, -0.15) is 13.2 Å². The van der Waals surface area contributed by atoms with Crippen molar-refractivity contribution >= 4 is 11.6 Å². The lowest BCUT2D eigenvalue weighted by Gasteiger charge is -2.19. The standard InChI is InChI=1S/C13H19F3N4O/c1-2-4-17-10-6-11(19-12(18-10)13(14,15)16)20-5-3-9(7-20)8-21/h6,9,21H,2-5,7-8H2,1H3,(H,17,18,19). The van der Waals surface area contributed by atoms with E-state index in [9.17, 15) is 13.2 Å². The molecule has 0 aromatic carbocycles. The first-order valence-electron chi connectivity index (χ1n) is 7.00. The second-order valence-electron chi connectivity index (χ2n) is 5.14. The smallest absolute Gasteiger partial charge is 0.396 e. The van der Waals surface area contributed by atoms with E-state index in [4.69, 9.17) is 5.11 Å². The lowest BCUT2D eigenvalue weighted by Crippen LogP contribution is -2.24. The molecule has 1 aliphatic rings. The molecule has 0 saturated carbocycles. The monoisotopic (exact) mass is 304 g/mol. The summed E-state index contributed by atoms with van der Waals surface area (Å²) < 4.78 is 38.7. The first kappa shape index (κ1) is 15.8. The summed E-state index contributed by atoms with van der Waals surface area (Å²) >= 11 is 0. The van der Waals surface area contributed by atoms with Gasteiger partial charge >= 0.3 is 6.18 Å². The van der Waals surface area contributed by atoms with E-state index < -0.39 is 12.0 Å². The maximum atomic E-state index is 12.9. The Morgan fingerprint density at radius 1 is 1.43 bits per heavy atom. The molecule has 118 valence electrons. The summed E-state index contributed by atoms with van der Waals surface area (Å²) in [5.41, 5.74) is 0. The molecular weight excluding hydrogens is 285 g/mol. The van der Waals surface area contributed by atoms with Crippen molar-refractivity contribution in [3.8, 4) is 0 Å². The Morgan fingerprint density at radius 3 is 2.76 bits per heavy atom. The summed E-state index contributed by atoms with van der Waals surface area (Å²) in [6.07, 6.45) is -3.04. The molecule has 2 rings (SSSR count). The molecule has 5 nitrogen and oxygen atoms in total. The minimum Gasteiger partial charge on any atom is -0.396 e. The minimum absolute atomic E-state index is 0.0364. The van der Waals surface area contributed by atoms with Crippen LogP contribution in [0.5, 0.6) is 0 Å². The molecule has 2 heterocycles. The minimum atomic E-state index is -4.57. The van der Waals surface area contributed by atoms with E-state index >= 15 is 0 Å². The average molecular weight is 304 g/mol. The number of hydrogen-bond donors (Lipinski definition) is 2. The second kappa shape index (κ2) is 6.46. The SMILES string of the molecule is CCCNc1cc(N2CCC(CO)C2)nc(C(F)(F)F)n1. The van der Waals surface area contributed by atoms with Gasteiger partial charge in [-0.25, -0.2) is 9.97 Å². The second-order valence-corrected chi connectivity index (χ2v) is 5.14. The molecule has 21 heavy (non-hydrogen) atoms. The van der Waals surface area contributed by atoms with Gasteiger partial charge in [-0.05, 0) is 12.8 Å². The van der Waals surface area contributed by atoms with E-state index in [0.717, 1.165) is 12.8 Å². The van der Waals surface area contributed by atoms with Crippen LogP contribution in [0.3, 0.4) is 0 Å². The highest BCUT2D eigenvalue weighted by molar-refractivity contribution is 5.50. The molecule has 1 aromatic heterocycles. The zero-order valence-electron chi connectivity index (χ0n) is 11.8. The lowest BCUT2D eigenvalue weighted by molar-refractivity contribution is -0.144. The third-order valence-corrected chi connectivity index (χ3v) is 3.39. The predicted molar refractivity (Wildman–Crippen MR) is 73.2 cm³/mol. The molecule has 0 radical (unpaired) electrons. The summed E-state index contributed by atoms with van der Waals surface area (Å²) in [6, 6.07) is 1.53. The predicted octanol–water partition coefficient (Wildman–Crippen LogP) is 2.14. The van der Waals surface area contributed by atoms with Crippen LogP contribution in [0.1, 0.15) is 25.6 Å². The van der Waals surface area contributed by atoms with Crippen molar-refractivity contribution < 1.29 is 18.3 Å². The van der Waals surface area contributed by atoms with Gasteiger partial charge in [0.05, 0.1) is 0 Å². The first-order valence-corrected chi connectivity index (χ1v) is 7.00. The number of aromatic nitrogens is 2. The molecular formula is C13H19F3N4O. The summed E-state index contributed by atoms with van der Waals surface area (Å²) in [4.78, 5) is 8.92. The number of nitrogens with one attached hydrogen (secondary N) is 1. The van der Waals surface area contributed by atoms with Gasteiger partial charge in [-0.1, -0.05) is 6.92 Å². The highest BCUT2D eigenvalue weighted by Gasteiger charge is 2.36. The molecule has 1 aromatic rings. The van der Waals surface area contributed by atoms with E-state index in [1.807, 2.05) is 6.92 Å². The van der Waals surface area contributed by atoms with Crippen molar-refractivity contribution in [1.29, 1.82) is 0 Å². The van der Waals surface area contributed by atoms with Crippen LogP contribution in [-0.4, -0.2) is 41.3 Å². The van der Waals surface area contributed by atoms with Crippen molar-refractivity contribution in [3.05, 3.63) is 11.9 Å². The topological polar surface area (TPSA) is 61.3 Å². The van der Waals surface area contributed by atoms with E-state index in [-0.39, 0.29) is 24.2 Å². The molecule has 0 bridgehead atoms. The number of aliphatic hydroxyl groups is 1. The van der Waals surface area contributed by atoms with E-state index in [1.54, 1.807) is 4.90 Å². The molecule has 0 aliphatic carbocycles. The average Bonchev–Trinajstić information content (AvgIpc) is 2.93. The summed E-state index contributed by atoms with van der Waals surface area (Å²) in [5.74, 6) is -0.610. The van der Waals surface area contributed by atoms with Crippen LogP contribution in [-0.2, 0) is 6.18 Å². The van der Waals surface area contributed by atoms with Crippen molar-refractivity contribution in [3.63, 3.8) is 0 Å². The number of aliphatic hydroxyl groups excluding tert-OH is 1. The van der Waals surface area contributed by atoms with Crippen LogP contribution in [0.4, 0.5) is 24.8 Å². The lowest BCUT2D eigenvalue weighted by atomic mass is 10.1.